The van der Waals surface area contributed by atoms with Crippen LogP contribution < -0.4 is 14.5 Å². The highest BCUT2D eigenvalue weighted by atomic mass is 16.5. The number of benzene rings is 1. The zero-order valence-corrected chi connectivity index (χ0v) is 17.9. The molecule has 0 radical (unpaired) electrons. The van der Waals surface area contributed by atoms with E-state index in [2.05, 4.69) is 21.8 Å². The fourth-order valence-electron chi connectivity index (χ4n) is 3.28. The monoisotopic (exact) mass is 397 g/mol. The van der Waals surface area contributed by atoms with Gasteiger partial charge in [-0.3, -0.25) is 4.79 Å². The molecule has 2 aromatic rings. The molecule has 0 aliphatic carbocycles. The van der Waals surface area contributed by atoms with Crippen molar-refractivity contribution in [2.75, 3.05) is 56.7 Å². The number of carbonyl (C=O) groups is 1. The first kappa shape index (κ1) is 20.9. The fourth-order valence-corrected chi connectivity index (χ4v) is 3.28. The quantitative estimate of drug-likeness (QED) is 0.670. The van der Waals surface area contributed by atoms with Crippen molar-refractivity contribution >= 4 is 17.5 Å². The van der Waals surface area contributed by atoms with Crippen LogP contribution in [0.25, 0.3) is 0 Å². The van der Waals surface area contributed by atoms with Crippen LogP contribution in [0, 0.1) is 6.92 Å². The summed E-state index contributed by atoms with van der Waals surface area (Å²) in [5.74, 6) is 3.45. The second kappa shape index (κ2) is 9.58. The van der Waals surface area contributed by atoms with Crippen molar-refractivity contribution in [3.8, 4) is 5.75 Å². The van der Waals surface area contributed by atoms with Crippen molar-refractivity contribution in [1.82, 2.24) is 14.9 Å². The Kier molecular flexibility index (Phi) is 6.90. The highest BCUT2D eigenvalue weighted by Crippen LogP contribution is 2.20. The van der Waals surface area contributed by atoms with Crippen molar-refractivity contribution in [2.45, 2.75) is 26.7 Å². The molecular weight excluding hydrogens is 366 g/mol. The van der Waals surface area contributed by atoms with E-state index in [-0.39, 0.29) is 5.91 Å². The third-order valence-electron chi connectivity index (χ3n) is 5.03. The molecule has 0 spiro atoms. The average molecular weight is 398 g/mol. The average Bonchev–Trinajstić information content (AvgIpc) is 2.73. The number of aromatic nitrogens is 2. The van der Waals surface area contributed by atoms with Gasteiger partial charge in [-0.15, -0.1) is 0 Å². The summed E-state index contributed by atoms with van der Waals surface area (Å²) < 4.78 is 5.68. The van der Waals surface area contributed by atoms with Gasteiger partial charge < -0.3 is 19.4 Å². The Bertz CT molecular complexity index is 814. The predicted octanol–water partition coefficient (Wildman–Crippen LogP) is 2.99. The Morgan fingerprint density at radius 3 is 2.41 bits per heavy atom. The Hall–Kier alpha value is -2.83. The molecule has 0 saturated carbocycles. The summed E-state index contributed by atoms with van der Waals surface area (Å²) in [6, 6.07) is 9.47. The summed E-state index contributed by atoms with van der Waals surface area (Å²) in [6.45, 7) is 7.62. The van der Waals surface area contributed by atoms with Crippen LogP contribution in [0.4, 0.5) is 11.6 Å². The van der Waals surface area contributed by atoms with Gasteiger partial charge in [-0.2, -0.15) is 0 Å². The smallest absolute Gasteiger partial charge is 0.253 e. The lowest BCUT2D eigenvalue weighted by Crippen LogP contribution is -2.49. The lowest BCUT2D eigenvalue weighted by Gasteiger charge is -2.35. The van der Waals surface area contributed by atoms with Gasteiger partial charge >= 0.3 is 0 Å². The van der Waals surface area contributed by atoms with E-state index in [9.17, 15) is 4.79 Å². The van der Waals surface area contributed by atoms with Crippen LogP contribution in [0.3, 0.4) is 0 Å². The maximum Gasteiger partial charge on any atom is 0.253 e. The van der Waals surface area contributed by atoms with E-state index in [0.29, 0.717) is 25.3 Å². The number of hydrogen-bond donors (Lipinski definition) is 0. The summed E-state index contributed by atoms with van der Waals surface area (Å²) in [6.07, 6.45) is 2.14. The lowest BCUT2D eigenvalue weighted by molar-refractivity contribution is 0.0746. The van der Waals surface area contributed by atoms with Crippen LogP contribution in [0.1, 0.15) is 35.9 Å². The van der Waals surface area contributed by atoms with E-state index >= 15 is 0 Å². The van der Waals surface area contributed by atoms with Crippen molar-refractivity contribution in [2.24, 2.45) is 0 Å². The summed E-state index contributed by atoms with van der Waals surface area (Å²) >= 11 is 0. The molecule has 7 nitrogen and oxygen atoms in total. The largest absolute Gasteiger partial charge is 0.494 e. The van der Waals surface area contributed by atoms with Crippen molar-refractivity contribution in [3.63, 3.8) is 0 Å². The molecule has 1 fully saturated rings. The van der Waals surface area contributed by atoms with Crippen LogP contribution in [-0.2, 0) is 0 Å². The van der Waals surface area contributed by atoms with Gasteiger partial charge in [0.2, 0.25) is 0 Å². The number of ether oxygens (including phenoxy) is 1. The molecular formula is C22H31N5O2. The number of nitrogens with zero attached hydrogens (tertiary/aromatic N) is 5. The van der Waals surface area contributed by atoms with Gasteiger partial charge in [0.05, 0.1) is 6.61 Å². The van der Waals surface area contributed by atoms with Crippen molar-refractivity contribution in [3.05, 3.63) is 41.7 Å². The van der Waals surface area contributed by atoms with Gasteiger partial charge in [-0.1, -0.05) is 13.3 Å². The third-order valence-corrected chi connectivity index (χ3v) is 5.03. The van der Waals surface area contributed by atoms with Crippen molar-refractivity contribution < 1.29 is 9.53 Å². The van der Waals surface area contributed by atoms with E-state index in [1.165, 1.54) is 0 Å². The molecule has 1 amide bonds. The fraction of sp³-hybridized carbons (Fsp3) is 0.500. The van der Waals surface area contributed by atoms with Crippen LogP contribution >= 0.6 is 0 Å². The van der Waals surface area contributed by atoms with Gasteiger partial charge in [0, 0.05) is 51.9 Å². The first-order chi connectivity index (χ1) is 14.0. The number of aryl methyl sites for hydroxylation is 1. The Balaban J connectivity index is 1.58. The molecule has 156 valence electrons. The number of anilines is 2. The topological polar surface area (TPSA) is 61.8 Å². The normalized spacial score (nSPS) is 14.1. The van der Waals surface area contributed by atoms with Crippen molar-refractivity contribution in [1.29, 1.82) is 0 Å². The van der Waals surface area contributed by atoms with Gasteiger partial charge in [-0.25, -0.2) is 9.97 Å². The van der Waals surface area contributed by atoms with Crippen LogP contribution in [-0.4, -0.2) is 67.7 Å². The SMILES string of the molecule is CCCCOc1ccc(C(=O)N2CCN(c3cc(N(C)C)nc(C)n3)CC2)cc1. The Morgan fingerprint density at radius 2 is 1.79 bits per heavy atom. The molecule has 1 aliphatic rings. The van der Waals surface area contributed by atoms with Gasteiger partial charge in [0.1, 0.15) is 23.2 Å². The number of rotatable bonds is 7. The molecule has 0 unspecified atom stereocenters. The number of carbonyl (C=O) groups excluding carboxylic acids is 1. The number of piperazine rings is 1. The first-order valence-corrected chi connectivity index (χ1v) is 10.3. The van der Waals surface area contributed by atoms with Crippen LogP contribution in [0.15, 0.2) is 30.3 Å². The summed E-state index contributed by atoms with van der Waals surface area (Å²) in [5.41, 5.74) is 0.703. The molecule has 1 aliphatic heterocycles. The standard InChI is InChI=1S/C22H31N5O2/c1-5-6-15-29-19-9-7-18(8-10-19)22(28)27-13-11-26(12-14-27)21-16-20(25(3)4)23-17(2)24-21/h7-10,16H,5-6,11-15H2,1-4H3. The highest BCUT2D eigenvalue weighted by molar-refractivity contribution is 5.94. The summed E-state index contributed by atoms with van der Waals surface area (Å²) in [4.78, 5) is 28.0. The van der Waals surface area contributed by atoms with Gasteiger partial charge in [0.15, 0.2) is 0 Å². The van der Waals surface area contributed by atoms with E-state index in [4.69, 9.17) is 4.74 Å². The molecule has 1 saturated heterocycles. The second-order valence-corrected chi connectivity index (χ2v) is 7.53. The minimum atomic E-state index is 0.0672. The van der Waals surface area contributed by atoms with E-state index in [0.717, 1.165) is 49.1 Å². The minimum absolute atomic E-state index is 0.0672. The number of hydrogen-bond acceptors (Lipinski definition) is 6. The molecule has 2 heterocycles. The molecule has 29 heavy (non-hydrogen) atoms. The molecule has 3 rings (SSSR count). The molecule has 7 heteroatoms. The lowest BCUT2D eigenvalue weighted by atomic mass is 10.1. The predicted molar refractivity (Wildman–Crippen MR) is 116 cm³/mol. The van der Waals surface area contributed by atoms with E-state index in [1.807, 2.05) is 61.2 Å². The molecule has 1 aromatic heterocycles. The molecule has 1 aromatic carbocycles. The van der Waals surface area contributed by atoms with E-state index in [1.54, 1.807) is 0 Å². The first-order valence-electron chi connectivity index (χ1n) is 10.3. The van der Waals surface area contributed by atoms with Crippen LogP contribution in [0.2, 0.25) is 0 Å². The molecule has 0 N–H and O–H groups in total. The zero-order valence-electron chi connectivity index (χ0n) is 17.9. The van der Waals surface area contributed by atoms with E-state index < -0.39 is 0 Å². The molecule has 0 bridgehead atoms. The molecule has 0 atom stereocenters. The van der Waals surface area contributed by atoms with Gasteiger partial charge in [0.25, 0.3) is 5.91 Å². The third kappa shape index (κ3) is 5.37. The Labute approximate surface area is 173 Å². The highest BCUT2D eigenvalue weighted by Gasteiger charge is 2.23. The van der Waals surface area contributed by atoms with Gasteiger partial charge in [-0.05, 0) is 37.6 Å². The summed E-state index contributed by atoms with van der Waals surface area (Å²) in [7, 11) is 3.95. The zero-order chi connectivity index (χ0) is 20.8. The Morgan fingerprint density at radius 1 is 1.10 bits per heavy atom. The second-order valence-electron chi connectivity index (χ2n) is 7.53. The maximum atomic E-state index is 12.8. The number of unbranched alkanes of at least 4 members (excludes halogenated alkanes) is 1. The maximum absolute atomic E-state index is 12.8. The number of amides is 1. The summed E-state index contributed by atoms with van der Waals surface area (Å²) in [5, 5.41) is 0. The van der Waals surface area contributed by atoms with Crippen LogP contribution in [0.5, 0.6) is 5.75 Å². The minimum Gasteiger partial charge on any atom is -0.494 e.